The zero-order valence-corrected chi connectivity index (χ0v) is 17.4. The first kappa shape index (κ1) is 20.5. The van der Waals surface area contributed by atoms with Gasteiger partial charge in [0.2, 0.25) is 15.9 Å². The van der Waals surface area contributed by atoms with Gasteiger partial charge in [-0.1, -0.05) is 35.9 Å². The second-order valence-corrected chi connectivity index (χ2v) is 9.14. The standard InChI is InChI=1S/C20H23ClN2O4S/c1-27-19-11-10-15(21)12-18(19)23(28(2,25)26)13-20(24)22-17-9-5-7-14-6-3-4-8-16(14)17/h3-4,6,8,10-12,17H,5,7,9,13H2,1-2H3,(H,22,24)/t17-/m1/s1. The number of nitrogens with one attached hydrogen (secondary N) is 1. The zero-order chi connectivity index (χ0) is 20.3. The molecule has 0 spiro atoms. The first-order valence-electron chi connectivity index (χ1n) is 8.98. The van der Waals surface area contributed by atoms with E-state index in [0.717, 1.165) is 35.4 Å². The Bertz CT molecular complexity index is 978. The van der Waals surface area contributed by atoms with Crippen molar-refractivity contribution in [2.24, 2.45) is 0 Å². The van der Waals surface area contributed by atoms with E-state index < -0.39 is 10.0 Å². The highest BCUT2D eigenvalue weighted by molar-refractivity contribution is 7.92. The first-order chi connectivity index (χ1) is 13.3. The van der Waals surface area contributed by atoms with Crippen LogP contribution < -0.4 is 14.4 Å². The fraction of sp³-hybridized carbons (Fsp3) is 0.350. The van der Waals surface area contributed by atoms with Gasteiger partial charge >= 0.3 is 0 Å². The summed E-state index contributed by atoms with van der Waals surface area (Å²) in [4.78, 5) is 12.7. The van der Waals surface area contributed by atoms with Crippen LogP contribution in [0.2, 0.25) is 5.02 Å². The van der Waals surface area contributed by atoms with Crippen molar-refractivity contribution in [3.63, 3.8) is 0 Å². The SMILES string of the molecule is COc1ccc(Cl)cc1N(CC(=O)N[C@@H]1CCCc2ccccc21)S(C)(=O)=O. The van der Waals surface area contributed by atoms with Crippen molar-refractivity contribution in [2.75, 3.05) is 24.2 Å². The molecule has 0 aliphatic heterocycles. The molecule has 0 bridgehead atoms. The lowest BCUT2D eigenvalue weighted by Crippen LogP contribution is -2.42. The Kier molecular flexibility index (Phi) is 6.15. The number of aryl methyl sites for hydroxylation is 1. The van der Waals surface area contributed by atoms with Crippen LogP contribution in [0.25, 0.3) is 0 Å². The number of amides is 1. The average molecular weight is 423 g/mol. The van der Waals surface area contributed by atoms with E-state index in [1.807, 2.05) is 18.2 Å². The van der Waals surface area contributed by atoms with Gasteiger partial charge in [0, 0.05) is 5.02 Å². The molecule has 0 heterocycles. The summed E-state index contributed by atoms with van der Waals surface area (Å²) in [7, 11) is -2.29. The topological polar surface area (TPSA) is 75.7 Å². The minimum Gasteiger partial charge on any atom is -0.495 e. The number of nitrogens with zero attached hydrogens (tertiary/aromatic N) is 1. The molecule has 0 unspecified atom stereocenters. The summed E-state index contributed by atoms with van der Waals surface area (Å²) >= 11 is 6.04. The van der Waals surface area contributed by atoms with Crippen LogP contribution in [0.1, 0.15) is 30.0 Å². The summed E-state index contributed by atoms with van der Waals surface area (Å²) in [5.74, 6) is -0.0557. The maximum atomic E-state index is 12.7. The Morgan fingerprint density at radius 2 is 2.04 bits per heavy atom. The molecule has 0 fully saturated rings. The second kappa shape index (κ2) is 8.41. The smallest absolute Gasteiger partial charge is 0.241 e. The molecule has 1 aliphatic rings. The van der Waals surface area contributed by atoms with E-state index >= 15 is 0 Å². The zero-order valence-electron chi connectivity index (χ0n) is 15.8. The third-order valence-corrected chi connectivity index (χ3v) is 6.16. The highest BCUT2D eigenvalue weighted by atomic mass is 35.5. The highest BCUT2D eigenvalue weighted by Gasteiger charge is 2.27. The molecule has 3 rings (SSSR count). The van der Waals surface area contributed by atoms with Gasteiger partial charge in [0.15, 0.2) is 0 Å². The van der Waals surface area contributed by atoms with E-state index in [1.165, 1.54) is 18.7 Å². The van der Waals surface area contributed by atoms with Crippen molar-refractivity contribution in [2.45, 2.75) is 25.3 Å². The molecule has 2 aromatic rings. The summed E-state index contributed by atoms with van der Waals surface area (Å²) in [5.41, 5.74) is 2.54. The molecule has 28 heavy (non-hydrogen) atoms. The van der Waals surface area contributed by atoms with Crippen molar-refractivity contribution < 1.29 is 17.9 Å². The van der Waals surface area contributed by atoms with Gasteiger partial charge in [0.05, 0.1) is 25.1 Å². The van der Waals surface area contributed by atoms with Crippen LogP contribution in [-0.4, -0.2) is 34.2 Å². The van der Waals surface area contributed by atoms with E-state index in [4.69, 9.17) is 16.3 Å². The number of rotatable bonds is 6. The van der Waals surface area contributed by atoms with Gasteiger partial charge in [-0.2, -0.15) is 0 Å². The lowest BCUT2D eigenvalue weighted by atomic mass is 9.88. The minimum absolute atomic E-state index is 0.125. The highest BCUT2D eigenvalue weighted by Crippen LogP contribution is 2.33. The molecule has 1 N–H and O–H groups in total. The van der Waals surface area contributed by atoms with Crippen molar-refractivity contribution in [3.05, 3.63) is 58.6 Å². The largest absolute Gasteiger partial charge is 0.495 e. The van der Waals surface area contributed by atoms with E-state index in [-0.39, 0.29) is 24.2 Å². The Hall–Kier alpha value is -2.25. The summed E-state index contributed by atoms with van der Waals surface area (Å²) in [6, 6.07) is 12.5. The molecule has 8 heteroatoms. The van der Waals surface area contributed by atoms with Crippen LogP contribution in [-0.2, 0) is 21.2 Å². The van der Waals surface area contributed by atoms with Gasteiger partial charge in [-0.25, -0.2) is 8.42 Å². The van der Waals surface area contributed by atoms with Gasteiger partial charge < -0.3 is 10.1 Å². The molecule has 2 aromatic carbocycles. The lowest BCUT2D eigenvalue weighted by Gasteiger charge is -2.28. The van der Waals surface area contributed by atoms with Crippen LogP contribution in [0.15, 0.2) is 42.5 Å². The monoisotopic (exact) mass is 422 g/mol. The number of benzene rings is 2. The summed E-state index contributed by atoms with van der Waals surface area (Å²) < 4.78 is 31.0. The Balaban J connectivity index is 1.84. The Morgan fingerprint density at radius 3 is 2.75 bits per heavy atom. The van der Waals surface area contributed by atoms with Crippen LogP contribution in [0.3, 0.4) is 0 Å². The van der Waals surface area contributed by atoms with Crippen molar-refractivity contribution in [1.29, 1.82) is 0 Å². The summed E-state index contributed by atoms with van der Waals surface area (Å²) in [5, 5.41) is 3.33. The lowest BCUT2D eigenvalue weighted by molar-refractivity contribution is -0.120. The predicted octanol–water partition coefficient (Wildman–Crippen LogP) is 3.31. The number of carbonyl (C=O) groups is 1. The predicted molar refractivity (Wildman–Crippen MR) is 110 cm³/mol. The van der Waals surface area contributed by atoms with Gasteiger partial charge in [0.1, 0.15) is 12.3 Å². The number of hydrogen-bond donors (Lipinski definition) is 1. The molecule has 1 amide bonds. The normalized spacial score (nSPS) is 16.2. The number of hydrogen-bond acceptors (Lipinski definition) is 4. The molecule has 0 saturated heterocycles. The van der Waals surface area contributed by atoms with Crippen LogP contribution in [0.4, 0.5) is 5.69 Å². The number of fused-ring (bicyclic) bond motifs is 1. The third-order valence-electron chi connectivity index (χ3n) is 4.80. The van der Waals surface area contributed by atoms with Gasteiger partial charge in [0.25, 0.3) is 0 Å². The minimum atomic E-state index is -3.73. The number of anilines is 1. The molecule has 0 saturated carbocycles. The maximum absolute atomic E-state index is 12.7. The summed E-state index contributed by atoms with van der Waals surface area (Å²) in [6.45, 7) is -0.353. The van der Waals surface area contributed by atoms with E-state index in [0.29, 0.717) is 10.8 Å². The molecule has 0 aromatic heterocycles. The molecule has 1 aliphatic carbocycles. The molecular formula is C20H23ClN2O4S. The van der Waals surface area contributed by atoms with E-state index in [2.05, 4.69) is 11.4 Å². The van der Waals surface area contributed by atoms with Crippen LogP contribution in [0, 0.1) is 0 Å². The quantitative estimate of drug-likeness (QED) is 0.774. The second-order valence-electron chi connectivity index (χ2n) is 6.80. The Morgan fingerprint density at radius 1 is 1.29 bits per heavy atom. The maximum Gasteiger partial charge on any atom is 0.241 e. The molecule has 150 valence electrons. The van der Waals surface area contributed by atoms with Gasteiger partial charge in [-0.15, -0.1) is 0 Å². The average Bonchev–Trinajstić information content (AvgIpc) is 2.65. The van der Waals surface area contributed by atoms with Crippen molar-refractivity contribution in [1.82, 2.24) is 5.32 Å². The van der Waals surface area contributed by atoms with Gasteiger partial charge in [-0.05, 0) is 48.6 Å². The number of carbonyl (C=O) groups excluding carboxylic acids is 1. The van der Waals surface area contributed by atoms with E-state index in [1.54, 1.807) is 12.1 Å². The van der Waals surface area contributed by atoms with Crippen LogP contribution in [0.5, 0.6) is 5.75 Å². The molecule has 6 nitrogen and oxygen atoms in total. The fourth-order valence-electron chi connectivity index (χ4n) is 3.51. The fourth-order valence-corrected chi connectivity index (χ4v) is 4.53. The van der Waals surface area contributed by atoms with Crippen molar-refractivity contribution in [3.8, 4) is 5.75 Å². The first-order valence-corrected chi connectivity index (χ1v) is 11.2. The number of methoxy groups -OCH3 is 1. The molecular weight excluding hydrogens is 400 g/mol. The molecule has 1 atom stereocenters. The third kappa shape index (κ3) is 4.59. The molecule has 0 radical (unpaired) electrons. The van der Waals surface area contributed by atoms with E-state index in [9.17, 15) is 13.2 Å². The van der Waals surface area contributed by atoms with Crippen LogP contribution >= 0.6 is 11.6 Å². The number of sulfonamides is 1. The summed E-state index contributed by atoms with van der Waals surface area (Å²) in [6.07, 6.45) is 3.83. The van der Waals surface area contributed by atoms with Gasteiger partial charge in [-0.3, -0.25) is 9.10 Å². The number of halogens is 1. The number of ether oxygens (including phenoxy) is 1. The Labute approximate surface area is 170 Å². The van der Waals surface area contributed by atoms with Crippen molar-refractivity contribution >= 4 is 33.2 Å².